The Kier molecular flexibility index (Phi) is 1.47. The van der Waals surface area contributed by atoms with Crippen LogP contribution in [0.2, 0.25) is 0 Å². The zero-order valence-corrected chi connectivity index (χ0v) is 5.68. The molecular formula is C7H12O2. The largest absolute Gasteiger partial charge is 0.481 e. The highest BCUT2D eigenvalue weighted by molar-refractivity contribution is 5.77. The Bertz CT molecular complexity index is 125. The number of hydrogen-bond acceptors (Lipinski definition) is 1. The standard InChI is InChI=1S/C7H12O2/c1-2-3-7(4-5-7)6(8)9/h2-5H2,1H3,(H,8,9). The van der Waals surface area contributed by atoms with Gasteiger partial charge in [0, 0.05) is 0 Å². The highest BCUT2D eigenvalue weighted by Crippen LogP contribution is 2.49. The fourth-order valence-electron chi connectivity index (χ4n) is 1.20. The number of carbonyl (C=O) groups is 1. The van der Waals surface area contributed by atoms with Crippen LogP contribution >= 0.6 is 0 Å². The molecule has 2 heteroatoms. The van der Waals surface area contributed by atoms with Gasteiger partial charge in [-0.15, -0.1) is 0 Å². The van der Waals surface area contributed by atoms with Crippen LogP contribution in [-0.2, 0) is 4.79 Å². The summed E-state index contributed by atoms with van der Waals surface area (Å²) in [5, 5.41) is 8.63. The van der Waals surface area contributed by atoms with Crippen molar-refractivity contribution in [2.24, 2.45) is 5.41 Å². The summed E-state index contributed by atoms with van der Waals surface area (Å²) in [6.07, 6.45) is 3.65. The molecule has 0 aromatic rings. The number of aliphatic carboxylic acids is 1. The van der Waals surface area contributed by atoms with Gasteiger partial charge in [0.25, 0.3) is 0 Å². The average molecular weight is 128 g/mol. The highest BCUT2D eigenvalue weighted by atomic mass is 16.4. The predicted octanol–water partition coefficient (Wildman–Crippen LogP) is 1.65. The van der Waals surface area contributed by atoms with Crippen molar-refractivity contribution in [3.63, 3.8) is 0 Å². The van der Waals surface area contributed by atoms with Crippen LogP contribution < -0.4 is 0 Å². The van der Waals surface area contributed by atoms with Crippen LogP contribution in [0.25, 0.3) is 0 Å². The van der Waals surface area contributed by atoms with Crippen LogP contribution in [0.5, 0.6) is 0 Å². The number of hydrogen-bond donors (Lipinski definition) is 1. The van der Waals surface area contributed by atoms with Crippen LogP contribution in [0.4, 0.5) is 0 Å². The molecule has 0 aromatic heterocycles. The maximum atomic E-state index is 10.5. The SMILES string of the molecule is CCCC1(C(=O)O)CC1. The minimum atomic E-state index is -0.593. The van der Waals surface area contributed by atoms with Gasteiger partial charge < -0.3 is 5.11 Å². The van der Waals surface area contributed by atoms with Crippen molar-refractivity contribution in [3.8, 4) is 0 Å². The summed E-state index contributed by atoms with van der Waals surface area (Å²) >= 11 is 0. The molecule has 0 heterocycles. The van der Waals surface area contributed by atoms with E-state index in [4.69, 9.17) is 5.11 Å². The van der Waals surface area contributed by atoms with Gasteiger partial charge in [0.1, 0.15) is 0 Å². The van der Waals surface area contributed by atoms with Gasteiger partial charge in [0.2, 0.25) is 0 Å². The molecule has 0 aromatic carbocycles. The second-order valence-corrected chi connectivity index (χ2v) is 2.84. The van der Waals surface area contributed by atoms with Gasteiger partial charge in [-0.25, -0.2) is 0 Å². The van der Waals surface area contributed by atoms with Crippen LogP contribution in [0.15, 0.2) is 0 Å². The van der Waals surface area contributed by atoms with E-state index in [9.17, 15) is 4.79 Å². The van der Waals surface area contributed by atoms with Gasteiger partial charge in [-0.3, -0.25) is 4.79 Å². The molecule has 1 saturated carbocycles. The van der Waals surface area contributed by atoms with E-state index in [-0.39, 0.29) is 5.41 Å². The van der Waals surface area contributed by atoms with E-state index in [0.29, 0.717) is 0 Å². The lowest BCUT2D eigenvalue weighted by Crippen LogP contribution is -2.13. The molecule has 1 aliphatic rings. The molecular weight excluding hydrogens is 116 g/mol. The molecule has 0 spiro atoms. The van der Waals surface area contributed by atoms with Gasteiger partial charge in [0.05, 0.1) is 5.41 Å². The lowest BCUT2D eigenvalue weighted by atomic mass is 10.0. The molecule has 0 amide bonds. The average Bonchev–Trinajstić information content (AvgIpc) is 2.49. The van der Waals surface area contributed by atoms with Crippen molar-refractivity contribution < 1.29 is 9.90 Å². The second-order valence-electron chi connectivity index (χ2n) is 2.84. The fourth-order valence-corrected chi connectivity index (χ4v) is 1.20. The van der Waals surface area contributed by atoms with Gasteiger partial charge in [0.15, 0.2) is 0 Å². The minimum Gasteiger partial charge on any atom is -0.481 e. The number of rotatable bonds is 3. The van der Waals surface area contributed by atoms with E-state index in [2.05, 4.69) is 0 Å². The third-order valence-corrected chi connectivity index (χ3v) is 2.04. The lowest BCUT2D eigenvalue weighted by molar-refractivity contribution is -0.143. The Morgan fingerprint density at radius 2 is 2.22 bits per heavy atom. The topological polar surface area (TPSA) is 37.3 Å². The van der Waals surface area contributed by atoms with Crippen molar-refractivity contribution in [1.82, 2.24) is 0 Å². The molecule has 52 valence electrons. The van der Waals surface area contributed by atoms with Crippen molar-refractivity contribution in [2.45, 2.75) is 32.6 Å². The zero-order valence-electron chi connectivity index (χ0n) is 5.68. The number of carboxylic acids is 1. The van der Waals surface area contributed by atoms with Crippen molar-refractivity contribution >= 4 is 5.97 Å². The Labute approximate surface area is 54.9 Å². The summed E-state index contributed by atoms with van der Waals surface area (Å²) in [7, 11) is 0. The molecule has 1 N–H and O–H groups in total. The van der Waals surface area contributed by atoms with Gasteiger partial charge in [-0.05, 0) is 19.3 Å². The summed E-state index contributed by atoms with van der Waals surface area (Å²) in [5.74, 6) is -0.593. The Balaban J connectivity index is 2.43. The maximum absolute atomic E-state index is 10.5. The Morgan fingerprint density at radius 3 is 2.33 bits per heavy atom. The van der Waals surface area contributed by atoms with E-state index in [1.807, 2.05) is 6.92 Å². The van der Waals surface area contributed by atoms with E-state index in [1.54, 1.807) is 0 Å². The maximum Gasteiger partial charge on any atom is 0.309 e. The molecule has 0 atom stereocenters. The van der Waals surface area contributed by atoms with E-state index >= 15 is 0 Å². The Morgan fingerprint density at radius 1 is 1.67 bits per heavy atom. The quantitative estimate of drug-likeness (QED) is 0.627. The molecule has 0 unspecified atom stereocenters. The molecule has 0 aliphatic heterocycles. The van der Waals surface area contributed by atoms with Crippen LogP contribution in [0.1, 0.15) is 32.6 Å². The molecule has 1 aliphatic carbocycles. The summed E-state index contributed by atoms with van der Waals surface area (Å²) in [4.78, 5) is 10.5. The molecule has 9 heavy (non-hydrogen) atoms. The van der Waals surface area contributed by atoms with Crippen LogP contribution in [-0.4, -0.2) is 11.1 Å². The smallest absolute Gasteiger partial charge is 0.309 e. The second kappa shape index (κ2) is 2.01. The van der Waals surface area contributed by atoms with E-state index in [0.717, 1.165) is 25.7 Å². The third-order valence-electron chi connectivity index (χ3n) is 2.04. The van der Waals surface area contributed by atoms with E-state index in [1.165, 1.54) is 0 Å². The molecule has 2 nitrogen and oxygen atoms in total. The predicted molar refractivity (Wildman–Crippen MR) is 34.2 cm³/mol. The van der Waals surface area contributed by atoms with Crippen LogP contribution in [0, 0.1) is 5.41 Å². The van der Waals surface area contributed by atoms with Crippen molar-refractivity contribution in [1.29, 1.82) is 0 Å². The van der Waals surface area contributed by atoms with Gasteiger partial charge in [-0.1, -0.05) is 13.3 Å². The zero-order chi connectivity index (χ0) is 6.91. The van der Waals surface area contributed by atoms with Crippen molar-refractivity contribution in [2.75, 3.05) is 0 Å². The van der Waals surface area contributed by atoms with E-state index < -0.39 is 5.97 Å². The monoisotopic (exact) mass is 128 g/mol. The third kappa shape index (κ3) is 1.07. The van der Waals surface area contributed by atoms with Crippen molar-refractivity contribution in [3.05, 3.63) is 0 Å². The summed E-state index contributed by atoms with van der Waals surface area (Å²) in [6.45, 7) is 2.03. The summed E-state index contributed by atoms with van der Waals surface area (Å²) in [6, 6.07) is 0. The first-order valence-corrected chi connectivity index (χ1v) is 3.45. The van der Waals surface area contributed by atoms with Gasteiger partial charge >= 0.3 is 5.97 Å². The molecule has 0 radical (unpaired) electrons. The summed E-state index contributed by atoms with van der Waals surface area (Å²) in [5.41, 5.74) is -0.283. The first-order chi connectivity index (χ1) is 4.21. The van der Waals surface area contributed by atoms with Crippen LogP contribution in [0.3, 0.4) is 0 Å². The first kappa shape index (κ1) is 6.59. The minimum absolute atomic E-state index is 0.283. The Hall–Kier alpha value is -0.530. The lowest BCUT2D eigenvalue weighted by Gasteiger charge is -2.04. The highest BCUT2D eigenvalue weighted by Gasteiger charge is 2.48. The molecule has 1 rings (SSSR count). The van der Waals surface area contributed by atoms with Gasteiger partial charge in [-0.2, -0.15) is 0 Å². The normalized spacial score (nSPS) is 21.4. The first-order valence-electron chi connectivity index (χ1n) is 3.45. The fraction of sp³-hybridized carbons (Fsp3) is 0.857. The molecule has 0 saturated heterocycles. The molecule has 1 fully saturated rings. The molecule has 0 bridgehead atoms. The number of carboxylic acid groups (broad SMARTS) is 1. The summed E-state index contributed by atoms with van der Waals surface area (Å²) < 4.78 is 0.